The highest BCUT2D eigenvalue weighted by Crippen LogP contribution is 2.20. The summed E-state index contributed by atoms with van der Waals surface area (Å²) in [5.41, 5.74) is 2.36. The maximum absolute atomic E-state index is 12.8. The van der Waals surface area contributed by atoms with Gasteiger partial charge in [0.15, 0.2) is 5.82 Å². The van der Waals surface area contributed by atoms with Crippen molar-refractivity contribution in [2.24, 2.45) is 0 Å². The fourth-order valence-electron chi connectivity index (χ4n) is 3.20. The van der Waals surface area contributed by atoms with Crippen LogP contribution in [0.2, 0.25) is 5.02 Å². The Hall–Kier alpha value is -4.05. The van der Waals surface area contributed by atoms with Gasteiger partial charge in [0.1, 0.15) is 0 Å². The first-order valence-corrected chi connectivity index (χ1v) is 11.4. The molecule has 11 heteroatoms. The summed E-state index contributed by atoms with van der Waals surface area (Å²) in [6, 6.07) is 14.2. The number of nitrogens with zero attached hydrogens (tertiary/aromatic N) is 2. The second kappa shape index (κ2) is 12.4. The molecule has 184 valence electrons. The Bertz CT molecular complexity index is 1180. The molecule has 3 rings (SSSR count). The van der Waals surface area contributed by atoms with Crippen LogP contribution >= 0.6 is 11.6 Å². The van der Waals surface area contributed by atoms with Crippen molar-refractivity contribution in [3.63, 3.8) is 0 Å². The van der Waals surface area contributed by atoms with Gasteiger partial charge in [0.2, 0.25) is 5.82 Å². The van der Waals surface area contributed by atoms with Gasteiger partial charge in [-0.05, 0) is 43.2 Å². The van der Waals surface area contributed by atoms with E-state index in [4.69, 9.17) is 16.3 Å². The number of aromatic nitrogens is 2. The molecule has 2 aromatic carbocycles. The lowest BCUT2D eigenvalue weighted by atomic mass is 10.2. The van der Waals surface area contributed by atoms with Crippen molar-refractivity contribution in [3.8, 4) is 0 Å². The normalized spacial score (nSPS) is 10.4. The van der Waals surface area contributed by atoms with Crippen LogP contribution in [-0.2, 0) is 11.3 Å². The largest absolute Gasteiger partial charge is 0.450 e. The molecule has 35 heavy (non-hydrogen) atoms. The van der Waals surface area contributed by atoms with Crippen molar-refractivity contribution in [1.82, 2.24) is 20.2 Å². The molecule has 0 saturated carbocycles. The van der Waals surface area contributed by atoms with Gasteiger partial charge < -0.3 is 25.3 Å². The number of imidazole rings is 1. The number of hydrogen-bond donors (Lipinski definition) is 4. The Morgan fingerprint density at radius 1 is 1.03 bits per heavy atom. The molecular formula is C24H27ClN6O4. The minimum absolute atomic E-state index is 0.114. The van der Waals surface area contributed by atoms with Crippen molar-refractivity contribution in [1.29, 1.82) is 0 Å². The topological polar surface area (TPSA) is 126 Å². The molecule has 0 aliphatic heterocycles. The van der Waals surface area contributed by atoms with Crippen LogP contribution in [0.3, 0.4) is 0 Å². The van der Waals surface area contributed by atoms with E-state index in [9.17, 15) is 14.4 Å². The Morgan fingerprint density at radius 3 is 2.49 bits per heavy atom. The number of alkyl carbamates (subject to hydrolysis) is 1. The van der Waals surface area contributed by atoms with Crippen LogP contribution in [0.1, 0.15) is 28.7 Å². The van der Waals surface area contributed by atoms with Crippen LogP contribution in [0.25, 0.3) is 0 Å². The second-order valence-corrected chi connectivity index (χ2v) is 7.94. The molecule has 4 amide bonds. The highest BCUT2D eigenvalue weighted by molar-refractivity contribution is 6.30. The zero-order valence-corrected chi connectivity index (χ0v) is 20.2. The third kappa shape index (κ3) is 7.75. The number of urea groups is 1. The molecule has 10 nitrogen and oxygen atoms in total. The van der Waals surface area contributed by atoms with Crippen molar-refractivity contribution in [2.75, 3.05) is 30.3 Å². The van der Waals surface area contributed by atoms with Crippen LogP contribution in [0, 0.1) is 6.92 Å². The Morgan fingerprint density at radius 2 is 1.77 bits per heavy atom. The van der Waals surface area contributed by atoms with Crippen LogP contribution < -0.4 is 21.3 Å². The molecular weight excluding hydrogens is 472 g/mol. The molecule has 1 heterocycles. The van der Waals surface area contributed by atoms with Gasteiger partial charge in [-0.3, -0.25) is 10.1 Å². The van der Waals surface area contributed by atoms with Crippen LogP contribution in [0.15, 0.2) is 54.7 Å². The Kier molecular flexibility index (Phi) is 9.08. The molecule has 0 spiro atoms. The van der Waals surface area contributed by atoms with Gasteiger partial charge in [-0.2, -0.15) is 0 Å². The van der Waals surface area contributed by atoms with Crippen molar-refractivity contribution >= 4 is 41.1 Å². The van der Waals surface area contributed by atoms with Crippen molar-refractivity contribution in [3.05, 3.63) is 76.7 Å². The molecule has 0 bridgehead atoms. The number of anilines is 2. The number of benzene rings is 2. The lowest BCUT2D eigenvalue weighted by Gasteiger charge is -2.09. The molecule has 0 unspecified atom stereocenters. The third-order valence-corrected chi connectivity index (χ3v) is 5.04. The summed E-state index contributed by atoms with van der Waals surface area (Å²) in [5.74, 6) is -0.128. The number of hydrogen-bond acceptors (Lipinski definition) is 5. The van der Waals surface area contributed by atoms with Crippen LogP contribution in [-0.4, -0.2) is 47.3 Å². The summed E-state index contributed by atoms with van der Waals surface area (Å²) in [6.45, 7) is 4.53. The molecule has 0 saturated heterocycles. The van der Waals surface area contributed by atoms with Gasteiger partial charge in [0, 0.05) is 36.5 Å². The smallest absolute Gasteiger partial charge is 0.407 e. The maximum atomic E-state index is 12.8. The van der Waals surface area contributed by atoms with Crippen molar-refractivity contribution in [2.45, 2.75) is 20.4 Å². The molecule has 3 aromatic rings. The van der Waals surface area contributed by atoms with Gasteiger partial charge >= 0.3 is 12.1 Å². The van der Waals surface area contributed by atoms with Crippen LogP contribution in [0.4, 0.5) is 21.1 Å². The van der Waals surface area contributed by atoms with Gasteiger partial charge in [-0.1, -0.05) is 41.9 Å². The predicted octanol–water partition coefficient (Wildman–Crippen LogP) is 4.01. The average molecular weight is 499 g/mol. The van der Waals surface area contributed by atoms with Crippen molar-refractivity contribution < 1.29 is 19.1 Å². The minimum atomic E-state index is -0.555. The number of halogens is 1. The number of ether oxygens (including phenoxy) is 1. The van der Waals surface area contributed by atoms with E-state index in [2.05, 4.69) is 26.3 Å². The zero-order valence-electron chi connectivity index (χ0n) is 19.4. The van der Waals surface area contributed by atoms with Gasteiger partial charge in [-0.15, -0.1) is 0 Å². The Balaban J connectivity index is 1.69. The van der Waals surface area contributed by atoms with E-state index in [1.165, 1.54) is 0 Å². The number of rotatable bonds is 9. The first-order chi connectivity index (χ1) is 16.9. The lowest BCUT2D eigenvalue weighted by molar-refractivity contribution is 0.0938. The first-order valence-electron chi connectivity index (χ1n) is 11.0. The van der Waals surface area contributed by atoms with E-state index in [-0.39, 0.29) is 31.3 Å². The fraction of sp³-hybridized carbons (Fsp3) is 0.250. The molecule has 4 N–H and O–H groups in total. The lowest BCUT2D eigenvalue weighted by Crippen LogP contribution is -2.36. The molecule has 0 aliphatic carbocycles. The summed E-state index contributed by atoms with van der Waals surface area (Å²) in [4.78, 5) is 41.0. The van der Waals surface area contributed by atoms with E-state index in [1.54, 1.807) is 35.9 Å². The summed E-state index contributed by atoms with van der Waals surface area (Å²) >= 11 is 5.97. The van der Waals surface area contributed by atoms with Gasteiger partial charge in [0.25, 0.3) is 5.91 Å². The molecule has 0 radical (unpaired) electrons. The summed E-state index contributed by atoms with van der Waals surface area (Å²) < 4.78 is 6.43. The number of amides is 4. The number of carbonyl (C=O) groups is 3. The molecule has 0 fully saturated rings. The first kappa shape index (κ1) is 25.6. The number of nitrogens with one attached hydrogen (secondary N) is 4. The molecule has 0 atom stereocenters. The summed E-state index contributed by atoms with van der Waals surface area (Å²) in [5, 5.41) is 11.2. The van der Waals surface area contributed by atoms with E-state index >= 15 is 0 Å². The quantitative estimate of drug-likeness (QED) is 0.331. The predicted molar refractivity (Wildman–Crippen MR) is 134 cm³/mol. The van der Waals surface area contributed by atoms with Gasteiger partial charge in [0.05, 0.1) is 6.61 Å². The van der Waals surface area contributed by atoms with E-state index in [0.717, 1.165) is 11.1 Å². The van der Waals surface area contributed by atoms with E-state index in [0.29, 0.717) is 17.3 Å². The standard InChI is InChI=1S/C24H27ClN6O4/c1-3-35-24(34)27-12-11-26-22(32)21-29-20(15-31(21)14-17-7-5-4-6-8-17)30-23(33)28-19-10-9-18(25)13-16(19)2/h4-10,13,15H,3,11-12,14H2,1-2H3,(H,26,32)(H,27,34)(H2,28,30,33). The maximum Gasteiger partial charge on any atom is 0.407 e. The molecule has 0 aliphatic rings. The third-order valence-electron chi connectivity index (χ3n) is 4.81. The minimum Gasteiger partial charge on any atom is -0.450 e. The number of carbonyl (C=O) groups excluding carboxylic acids is 3. The highest BCUT2D eigenvalue weighted by atomic mass is 35.5. The fourth-order valence-corrected chi connectivity index (χ4v) is 3.42. The number of aryl methyl sites for hydroxylation is 1. The highest BCUT2D eigenvalue weighted by Gasteiger charge is 2.18. The Labute approximate surface area is 208 Å². The summed E-state index contributed by atoms with van der Waals surface area (Å²) in [7, 11) is 0. The van der Waals surface area contributed by atoms with Crippen LogP contribution in [0.5, 0.6) is 0 Å². The second-order valence-electron chi connectivity index (χ2n) is 7.50. The van der Waals surface area contributed by atoms with Gasteiger partial charge in [-0.25, -0.2) is 14.6 Å². The molecule has 1 aromatic heterocycles. The zero-order chi connectivity index (χ0) is 25.2. The monoisotopic (exact) mass is 498 g/mol. The average Bonchev–Trinajstić information content (AvgIpc) is 3.21. The van der Waals surface area contributed by atoms with E-state index in [1.807, 2.05) is 37.3 Å². The summed E-state index contributed by atoms with van der Waals surface area (Å²) in [6.07, 6.45) is 1.04. The SMILES string of the molecule is CCOC(=O)NCCNC(=O)c1nc(NC(=O)Nc2ccc(Cl)cc2C)cn1Cc1ccccc1. The van der Waals surface area contributed by atoms with E-state index < -0.39 is 18.0 Å².